The molecule has 2 fully saturated rings. The molecule has 25 heavy (non-hydrogen) atoms. The molecule has 0 aromatic heterocycles. The molecule has 2 saturated heterocycles. The van der Waals surface area contributed by atoms with Crippen molar-refractivity contribution in [3.05, 3.63) is 58.6 Å². The Bertz CT molecular complexity index is 950. The summed E-state index contributed by atoms with van der Waals surface area (Å²) in [5, 5.41) is 0.568. The van der Waals surface area contributed by atoms with Gasteiger partial charge in [0.2, 0.25) is 0 Å². The number of carbonyl (C=O) groups is 1. The fourth-order valence-corrected chi connectivity index (χ4v) is 5.86. The van der Waals surface area contributed by atoms with E-state index in [1.165, 1.54) is 4.90 Å². The predicted octanol–water partition coefficient (Wildman–Crippen LogP) is 3.61. The topological polar surface area (TPSA) is 57.7 Å². The molecular formula is C17H14Cl2N2O3S. The lowest BCUT2D eigenvalue weighted by molar-refractivity contribution is 0.255. The van der Waals surface area contributed by atoms with E-state index in [0.717, 1.165) is 0 Å². The Kier molecular flexibility index (Phi) is 3.94. The molecule has 0 aliphatic carbocycles. The number of nitrogens with zero attached hydrogens (tertiary/aromatic N) is 2. The van der Waals surface area contributed by atoms with Crippen molar-refractivity contribution < 1.29 is 13.2 Å². The van der Waals surface area contributed by atoms with Gasteiger partial charge in [-0.15, -0.1) is 0 Å². The second-order valence-corrected chi connectivity index (χ2v) is 9.08. The number of benzene rings is 2. The van der Waals surface area contributed by atoms with Crippen LogP contribution in [-0.4, -0.2) is 38.0 Å². The second kappa shape index (κ2) is 5.90. The average Bonchev–Trinajstić information content (AvgIpc) is 3.00. The van der Waals surface area contributed by atoms with Gasteiger partial charge in [-0.05, 0) is 24.3 Å². The highest BCUT2D eigenvalue weighted by atomic mass is 35.5. The van der Waals surface area contributed by atoms with Gasteiger partial charge in [-0.2, -0.15) is 0 Å². The second-order valence-electron chi connectivity index (χ2n) is 6.14. The van der Waals surface area contributed by atoms with Crippen molar-refractivity contribution in [1.29, 1.82) is 0 Å². The molecule has 2 amide bonds. The van der Waals surface area contributed by atoms with Crippen LogP contribution < -0.4 is 9.80 Å². The Morgan fingerprint density at radius 1 is 0.880 bits per heavy atom. The third-order valence-electron chi connectivity index (χ3n) is 4.59. The van der Waals surface area contributed by atoms with Gasteiger partial charge in [0.05, 0.1) is 39.3 Å². The first kappa shape index (κ1) is 16.7. The van der Waals surface area contributed by atoms with E-state index in [1.807, 2.05) is 18.2 Å². The number of anilines is 2. The van der Waals surface area contributed by atoms with Crippen LogP contribution in [0.1, 0.15) is 0 Å². The number of halogens is 2. The molecule has 2 heterocycles. The van der Waals surface area contributed by atoms with Crippen LogP contribution in [0, 0.1) is 0 Å². The molecule has 2 atom stereocenters. The van der Waals surface area contributed by atoms with E-state index in [9.17, 15) is 13.2 Å². The van der Waals surface area contributed by atoms with Crippen molar-refractivity contribution in [3.8, 4) is 0 Å². The zero-order valence-electron chi connectivity index (χ0n) is 13.0. The van der Waals surface area contributed by atoms with Gasteiger partial charge in [-0.1, -0.05) is 47.5 Å². The molecule has 8 heteroatoms. The standard InChI is InChI=1S/C17H14Cl2N2O3S/c18-12-7-4-8-13(16(12)19)21-15-10-25(23,24)9-14(15)20(17(21)22)11-5-2-1-3-6-11/h1-8,14-15H,9-10H2. The number of hydrogen-bond donors (Lipinski definition) is 0. The first-order chi connectivity index (χ1) is 11.9. The third-order valence-corrected chi connectivity index (χ3v) is 7.10. The van der Waals surface area contributed by atoms with Gasteiger partial charge in [-0.25, -0.2) is 13.2 Å². The SMILES string of the molecule is O=C1N(c2ccccc2)C2CS(=O)(=O)CC2N1c1cccc(Cl)c1Cl. The molecule has 4 rings (SSSR count). The largest absolute Gasteiger partial charge is 0.329 e. The van der Waals surface area contributed by atoms with E-state index < -0.39 is 21.9 Å². The van der Waals surface area contributed by atoms with Crippen molar-refractivity contribution in [2.45, 2.75) is 12.1 Å². The summed E-state index contributed by atoms with van der Waals surface area (Å²) in [6, 6.07) is 12.8. The Labute approximate surface area is 155 Å². The third kappa shape index (κ3) is 2.69. The quantitative estimate of drug-likeness (QED) is 0.728. The van der Waals surface area contributed by atoms with Crippen molar-refractivity contribution in [2.75, 3.05) is 21.3 Å². The van der Waals surface area contributed by atoms with Gasteiger partial charge in [0.15, 0.2) is 9.84 Å². The van der Waals surface area contributed by atoms with Gasteiger partial charge in [0, 0.05) is 5.69 Å². The summed E-state index contributed by atoms with van der Waals surface area (Å²) in [6.45, 7) is 0. The average molecular weight is 397 g/mol. The lowest BCUT2D eigenvalue weighted by atomic mass is 10.1. The lowest BCUT2D eigenvalue weighted by Crippen LogP contribution is -2.38. The molecule has 0 saturated carbocycles. The molecule has 130 valence electrons. The highest BCUT2D eigenvalue weighted by Gasteiger charge is 2.54. The number of amides is 2. The summed E-state index contributed by atoms with van der Waals surface area (Å²) in [5.74, 6) is -0.150. The molecule has 2 aliphatic heterocycles. The zero-order chi connectivity index (χ0) is 17.8. The molecule has 2 unspecified atom stereocenters. The summed E-state index contributed by atoms with van der Waals surface area (Å²) in [5.41, 5.74) is 1.10. The van der Waals surface area contributed by atoms with Crippen LogP contribution in [0.2, 0.25) is 10.0 Å². The summed E-state index contributed by atoms with van der Waals surface area (Å²) >= 11 is 12.4. The molecule has 2 aliphatic rings. The van der Waals surface area contributed by atoms with E-state index in [4.69, 9.17) is 23.2 Å². The Morgan fingerprint density at radius 2 is 1.52 bits per heavy atom. The number of hydrogen-bond acceptors (Lipinski definition) is 3. The van der Waals surface area contributed by atoms with E-state index in [-0.39, 0.29) is 22.6 Å². The van der Waals surface area contributed by atoms with E-state index in [1.54, 1.807) is 35.2 Å². The number of carbonyl (C=O) groups excluding carboxylic acids is 1. The molecule has 0 bridgehead atoms. The minimum atomic E-state index is -3.25. The Morgan fingerprint density at radius 3 is 2.20 bits per heavy atom. The number of sulfone groups is 1. The predicted molar refractivity (Wildman–Crippen MR) is 99.5 cm³/mol. The summed E-state index contributed by atoms with van der Waals surface area (Å²) in [7, 11) is -3.25. The minimum Gasteiger partial charge on any atom is -0.288 e. The number of urea groups is 1. The number of fused-ring (bicyclic) bond motifs is 1. The van der Waals surface area contributed by atoms with Crippen LogP contribution in [0.5, 0.6) is 0 Å². The normalized spacial score (nSPS) is 24.6. The fourth-order valence-electron chi connectivity index (χ4n) is 3.55. The maximum atomic E-state index is 13.1. The molecule has 0 spiro atoms. The summed E-state index contributed by atoms with van der Waals surface area (Å²) in [4.78, 5) is 16.2. The first-order valence-corrected chi connectivity index (χ1v) is 10.3. The van der Waals surface area contributed by atoms with Gasteiger partial charge in [-0.3, -0.25) is 9.80 Å². The minimum absolute atomic E-state index is 0.0625. The van der Waals surface area contributed by atoms with E-state index in [0.29, 0.717) is 16.4 Å². The monoisotopic (exact) mass is 396 g/mol. The molecule has 2 aromatic rings. The van der Waals surface area contributed by atoms with Gasteiger partial charge < -0.3 is 0 Å². The number of rotatable bonds is 2. The van der Waals surface area contributed by atoms with Crippen molar-refractivity contribution in [3.63, 3.8) is 0 Å². The smallest absolute Gasteiger partial charge is 0.288 e. The highest BCUT2D eigenvalue weighted by molar-refractivity contribution is 7.91. The van der Waals surface area contributed by atoms with Crippen LogP contribution in [0.15, 0.2) is 48.5 Å². The molecule has 5 nitrogen and oxygen atoms in total. The molecule has 2 aromatic carbocycles. The maximum Gasteiger partial charge on any atom is 0.329 e. The first-order valence-electron chi connectivity index (χ1n) is 7.71. The van der Waals surface area contributed by atoms with E-state index >= 15 is 0 Å². The van der Waals surface area contributed by atoms with Gasteiger partial charge in [0.25, 0.3) is 0 Å². The van der Waals surface area contributed by atoms with Crippen LogP contribution in [0.4, 0.5) is 16.2 Å². The maximum absolute atomic E-state index is 13.1. The Hall–Kier alpha value is -1.76. The van der Waals surface area contributed by atoms with Gasteiger partial charge >= 0.3 is 6.03 Å². The highest BCUT2D eigenvalue weighted by Crippen LogP contribution is 2.41. The fraction of sp³-hybridized carbons (Fsp3) is 0.235. The zero-order valence-corrected chi connectivity index (χ0v) is 15.3. The van der Waals surface area contributed by atoms with E-state index in [2.05, 4.69) is 0 Å². The molecule has 0 N–H and O–H groups in total. The lowest BCUT2D eigenvalue weighted by Gasteiger charge is -2.23. The van der Waals surface area contributed by atoms with Gasteiger partial charge in [0.1, 0.15) is 0 Å². The summed E-state index contributed by atoms with van der Waals surface area (Å²) in [6.07, 6.45) is 0. The van der Waals surface area contributed by atoms with Crippen molar-refractivity contribution in [2.24, 2.45) is 0 Å². The molecule has 0 radical (unpaired) electrons. The summed E-state index contributed by atoms with van der Waals surface area (Å²) < 4.78 is 24.5. The van der Waals surface area contributed by atoms with Crippen LogP contribution in [0.25, 0.3) is 0 Å². The Balaban J connectivity index is 1.85. The number of para-hydroxylation sites is 1. The molecular weight excluding hydrogens is 383 g/mol. The van der Waals surface area contributed by atoms with Crippen molar-refractivity contribution in [1.82, 2.24) is 0 Å². The van der Waals surface area contributed by atoms with Crippen LogP contribution >= 0.6 is 23.2 Å². The van der Waals surface area contributed by atoms with Crippen molar-refractivity contribution >= 4 is 50.4 Å². The van der Waals surface area contributed by atoms with Crippen LogP contribution in [0.3, 0.4) is 0 Å². The van der Waals surface area contributed by atoms with Crippen LogP contribution in [-0.2, 0) is 9.84 Å².